The molecule has 1 unspecified atom stereocenters. The van der Waals surface area contributed by atoms with Crippen LogP contribution in [0.3, 0.4) is 0 Å². The van der Waals surface area contributed by atoms with E-state index < -0.39 is 0 Å². The summed E-state index contributed by atoms with van der Waals surface area (Å²) in [5.41, 5.74) is 6.79. The van der Waals surface area contributed by atoms with Crippen LogP contribution in [-0.4, -0.2) is 11.9 Å². The van der Waals surface area contributed by atoms with Gasteiger partial charge in [-0.3, -0.25) is 5.41 Å². The number of ether oxygens (including phenoxy) is 1. The Morgan fingerprint density at radius 1 is 1.41 bits per heavy atom. The highest BCUT2D eigenvalue weighted by Gasteiger charge is 2.16. The second kappa shape index (κ2) is 5.21. The third-order valence-corrected chi connectivity index (χ3v) is 2.70. The van der Waals surface area contributed by atoms with E-state index in [0.29, 0.717) is 6.42 Å². The molecule has 17 heavy (non-hydrogen) atoms. The highest BCUT2D eigenvalue weighted by atomic mass is 16.5. The number of benzene rings is 1. The van der Waals surface area contributed by atoms with Gasteiger partial charge in [-0.05, 0) is 29.5 Å². The lowest BCUT2D eigenvalue weighted by atomic mass is 9.87. The van der Waals surface area contributed by atoms with Gasteiger partial charge < -0.3 is 10.5 Å². The first kappa shape index (κ1) is 13.6. The van der Waals surface area contributed by atoms with Gasteiger partial charge in [0.25, 0.3) is 0 Å². The molecule has 3 heteroatoms. The molecule has 3 nitrogen and oxygen atoms in total. The smallest absolute Gasteiger partial charge is 0.155 e. The number of nitrogens with one attached hydrogen (secondary N) is 1. The fourth-order valence-electron chi connectivity index (χ4n) is 1.57. The maximum absolute atomic E-state index is 7.43. The highest BCUT2D eigenvalue weighted by molar-refractivity contribution is 5.82. The Kier molecular flexibility index (Phi) is 4.16. The second-order valence-corrected chi connectivity index (χ2v) is 5.25. The SMILES string of the molecule is CCC(Oc1cccc(C(C)(C)C)c1)C(=N)N. The highest BCUT2D eigenvalue weighted by Crippen LogP contribution is 2.26. The van der Waals surface area contributed by atoms with Crippen molar-refractivity contribution < 1.29 is 4.74 Å². The van der Waals surface area contributed by atoms with Crippen LogP contribution in [0.5, 0.6) is 5.75 Å². The summed E-state index contributed by atoms with van der Waals surface area (Å²) < 4.78 is 5.71. The van der Waals surface area contributed by atoms with Crippen molar-refractivity contribution in [2.45, 2.75) is 45.6 Å². The fraction of sp³-hybridized carbons (Fsp3) is 0.500. The van der Waals surface area contributed by atoms with Crippen LogP contribution in [0.15, 0.2) is 24.3 Å². The topological polar surface area (TPSA) is 59.1 Å². The minimum atomic E-state index is -0.329. The van der Waals surface area contributed by atoms with Crippen molar-refractivity contribution in [1.82, 2.24) is 0 Å². The molecule has 0 aliphatic carbocycles. The van der Waals surface area contributed by atoms with Crippen LogP contribution in [0.1, 0.15) is 39.7 Å². The monoisotopic (exact) mass is 234 g/mol. The average molecular weight is 234 g/mol. The molecule has 0 fully saturated rings. The molecule has 0 aliphatic rings. The first-order valence-corrected chi connectivity index (χ1v) is 5.95. The fourth-order valence-corrected chi connectivity index (χ4v) is 1.57. The van der Waals surface area contributed by atoms with E-state index >= 15 is 0 Å². The first-order valence-electron chi connectivity index (χ1n) is 5.95. The molecule has 0 spiro atoms. The van der Waals surface area contributed by atoms with Gasteiger partial charge in [0, 0.05) is 0 Å². The van der Waals surface area contributed by atoms with Crippen molar-refractivity contribution >= 4 is 5.84 Å². The molecule has 1 aromatic rings. The lowest BCUT2D eigenvalue weighted by molar-refractivity contribution is 0.260. The van der Waals surface area contributed by atoms with Gasteiger partial charge in [-0.2, -0.15) is 0 Å². The Balaban J connectivity index is 2.89. The quantitative estimate of drug-likeness (QED) is 0.621. The number of amidine groups is 1. The van der Waals surface area contributed by atoms with Crippen LogP contribution in [0.2, 0.25) is 0 Å². The molecule has 0 saturated carbocycles. The number of hydrogen-bond acceptors (Lipinski definition) is 2. The van der Waals surface area contributed by atoms with Gasteiger partial charge in [0.05, 0.1) is 0 Å². The summed E-state index contributed by atoms with van der Waals surface area (Å²) in [6.45, 7) is 8.44. The summed E-state index contributed by atoms with van der Waals surface area (Å²) in [5.74, 6) is 0.855. The van der Waals surface area contributed by atoms with Crippen LogP contribution in [-0.2, 0) is 5.41 Å². The molecule has 1 rings (SSSR count). The van der Waals surface area contributed by atoms with E-state index in [1.165, 1.54) is 5.56 Å². The third-order valence-electron chi connectivity index (χ3n) is 2.70. The molecule has 0 saturated heterocycles. The molecule has 1 aromatic carbocycles. The van der Waals surface area contributed by atoms with Crippen molar-refractivity contribution in [3.05, 3.63) is 29.8 Å². The first-order chi connectivity index (χ1) is 7.84. The van der Waals surface area contributed by atoms with Crippen LogP contribution < -0.4 is 10.5 Å². The Bertz CT molecular complexity index is 393. The van der Waals surface area contributed by atoms with Crippen molar-refractivity contribution in [2.75, 3.05) is 0 Å². The average Bonchev–Trinajstić information content (AvgIpc) is 2.24. The zero-order valence-electron chi connectivity index (χ0n) is 11.1. The maximum atomic E-state index is 7.43. The third kappa shape index (κ3) is 3.77. The molecule has 0 heterocycles. The normalized spacial score (nSPS) is 13.2. The molecule has 3 N–H and O–H groups in total. The minimum absolute atomic E-state index is 0.0775. The van der Waals surface area contributed by atoms with Crippen LogP contribution in [0, 0.1) is 5.41 Å². The van der Waals surface area contributed by atoms with Gasteiger partial charge in [0.15, 0.2) is 6.10 Å². The van der Waals surface area contributed by atoms with Crippen molar-refractivity contribution in [3.63, 3.8) is 0 Å². The van der Waals surface area contributed by atoms with E-state index in [2.05, 4.69) is 26.8 Å². The van der Waals surface area contributed by atoms with E-state index in [1.807, 2.05) is 25.1 Å². The predicted octanol–water partition coefficient (Wildman–Crippen LogP) is 3.08. The lowest BCUT2D eigenvalue weighted by Crippen LogP contribution is -2.32. The molecule has 0 amide bonds. The number of rotatable bonds is 4. The van der Waals surface area contributed by atoms with Gasteiger partial charge in [-0.25, -0.2) is 0 Å². The maximum Gasteiger partial charge on any atom is 0.155 e. The van der Waals surface area contributed by atoms with Gasteiger partial charge in [-0.15, -0.1) is 0 Å². The van der Waals surface area contributed by atoms with Gasteiger partial charge in [0.2, 0.25) is 0 Å². The molecule has 0 bridgehead atoms. The van der Waals surface area contributed by atoms with E-state index in [9.17, 15) is 0 Å². The van der Waals surface area contributed by atoms with E-state index in [4.69, 9.17) is 15.9 Å². The predicted molar refractivity (Wildman–Crippen MR) is 71.8 cm³/mol. The molecule has 0 aromatic heterocycles. The number of nitrogens with two attached hydrogens (primary N) is 1. The summed E-state index contributed by atoms with van der Waals surface area (Å²) in [6.07, 6.45) is 0.375. The van der Waals surface area contributed by atoms with Crippen LogP contribution in [0.4, 0.5) is 0 Å². The van der Waals surface area contributed by atoms with Gasteiger partial charge >= 0.3 is 0 Å². The molecular formula is C14H22N2O. The van der Waals surface area contributed by atoms with Gasteiger partial charge in [-0.1, -0.05) is 39.8 Å². The largest absolute Gasteiger partial charge is 0.483 e. The minimum Gasteiger partial charge on any atom is -0.483 e. The van der Waals surface area contributed by atoms with Gasteiger partial charge in [0.1, 0.15) is 11.6 Å². The Hall–Kier alpha value is -1.51. The van der Waals surface area contributed by atoms with Crippen LogP contribution in [0.25, 0.3) is 0 Å². The van der Waals surface area contributed by atoms with E-state index in [-0.39, 0.29) is 17.4 Å². The molecule has 1 atom stereocenters. The Morgan fingerprint density at radius 3 is 2.53 bits per heavy atom. The Morgan fingerprint density at radius 2 is 2.06 bits per heavy atom. The van der Waals surface area contributed by atoms with E-state index in [0.717, 1.165) is 5.75 Å². The molecular weight excluding hydrogens is 212 g/mol. The van der Waals surface area contributed by atoms with Crippen molar-refractivity contribution in [2.24, 2.45) is 5.73 Å². The lowest BCUT2D eigenvalue weighted by Gasteiger charge is -2.21. The standard InChI is InChI=1S/C14H22N2O/c1-5-12(13(15)16)17-11-8-6-7-10(9-11)14(2,3)4/h6-9,12H,5H2,1-4H3,(H3,15,16). The molecule has 0 aliphatic heterocycles. The summed E-state index contributed by atoms with van der Waals surface area (Å²) >= 11 is 0. The zero-order valence-corrected chi connectivity index (χ0v) is 11.1. The van der Waals surface area contributed by atoms with Crippen molar-refractivity contribution in [1.29, 1.82) is 5.41 Å². The molecule has 0 radical (unpaired) electrons. The van der Waals surface area contributed by atoms with Crippen LogP contribution >= 0.6 is 0 Å². The number of hydrogen-bond donors (Lipinski definition) is 2. The summed E-state index contributed by atoms with van der Waals surface area (Å²) in [6, 6.07) is 7.98. The zero-order chi connectivity index (χ0) is 13.1. The summed E-state index contributed by atoms with van der Waals surface area (Å²) in [4.78, 5) is 0. The summed E-state index contributed by atoms with van der Waals surface area (Å²) in [7, 11) is 0. The molecule has 94 valence electrons. The van der Waals surface area contributed by atoms with E-state index in [1.54, 1.807) is 0 Å². The second-order valence-electron chi connectivity index (χ2n) is 5.25. The Labute approximate surface area is 103 Å². The summed E-state index contributed by atoms with van der Waals surface area (Å²) in [5, 5.41) is 7.43. The van der Waals surface area contributed by atoms with Crippen molar-refractivity contribution in [3.8, 4) is 5.75 Å².